The van der Waals surface area contributed by atoms with E-state index in [4.69, 9.17) is 10.2 Å². The van der Waals surface area contributed by atoms with E-state index in [9.17, 15) is 0 Å². The fraction of sp³-hybridized carbons (Fsp3) is 0. The Hall–Kier alpha value is -7.06. The number of hydrogen-bond acceptors (Lipinski definition) is 4. The number of fused-ring (bicyclic) bond motifs is 10. The van der Waals surface area contributed by atoms with E-state index >= 15 is 0 Å². The monoisotopic (exact) mass is 644 g/mol. The molecule has 8 heteroatoms. The normalized spacial score (nSPS) is 13.4. The first kappa shape index (κ1) is 26.9. The summed E-state index contributed by atoms with van der Waals surface area (Å²) in [6.07, 6.45) is 0. The molecule has 236 valence electrons. The average Bonchev–Trinajstić information content (AvgIpc) is 3.90. The van der Waals surface area contributed by atoms with E-state index < -0.39 is 0 Å². The Morgan fingerprint density at radius 2 is 0.620 bits per heavy atom. The molecule has 0 spiro atoms. The van der Waals surface area contributed by atoms with E-state index in [2.05, 4.69) is 175 Å². The molecule has 11 rings (SSSR count). The number of nitrogens with one attached hydrogen (secondary N) is 2. The molecule has 0 fully saturated rings. The lowest BCUT2D eigenvalue weighted by Gasteiger charge is -2.21. The highest BCUT2D eigenvalue weighted by molar-refractivity contribution is 6.26. The van der Waals surface area contributed by atoms with Crippen molar-refractivity contribution in [3.05, 3.63) is 158 Å². The van der Waals surface area contributed by atoms with Crippen LogP contribution in [-0.4, -0.2) is 30.2 Å². The minimum Gasteiger partial charge on any atom is -0.295 e. The molecule has 1 aliphatic rings. The minimum absolute atomic E-state index is 0.580. The molecule has 1 aliphatic heterocycles. The third-order valence-corrected chi connectivity index (χ3v) is 9.93. The standard InChI is InChI=1S/C42H28N8/c1-3-15-27(16-4-1)47-33-23-11-7-19-29(33)37-31-21-9-13-25-35(31)49(39(37)47)41-43-45-42(46-44-41)50-36-26-14-10-22-32(36)38-30-20-8-12-24-34(30)48(40(38)50)28-17-5-2-6-18-28/h1-26H,(H,43,44)(H,45,46). The summed E-state index contributed by atoms with van der Waals surface area (Å²) in [4.78, 5) is 0. The second-order valence-electron chi connectivity index (χ2n) is 12.6. The quantitative estimate of drug-likeness (QED) is 0.197. The molecule has 10 aromatic rings. The van der Waals surface area contributed by atoms with E-state index in [0.29, 0.717) is 11.9 Å². The van der Waals surface area contributed by atoms with Crippen LogP contribution in [0, 0.1) is 0 Å². The van der Waals surface area contributed by atoms with Crippen LogP contribution in [0.15, 0.2) is 168 Å². The second-order valence-corrected chi connectivity index (χ2v) is 12.6. The highest BCUT2D eigenvalue weighted by Gasteiger charge is 2.27. The molecule has 0 atom stereocenters. The lowest BCUT2D eigenvalue weighted by molar-refractivity contribution is 0.767. The Morgan fingerprint density at radius 1 is 0.320 bits per heavy atom. The summed E-state index contributed by atoms with van der Waals surface area (Å²) in [5, 5.41) is 16.9. The SMILES string of the molecule is c1ccc(-n2c3ccccc3c3c4ccccc4n(C4=NN=C(n5c6ccccc6c6c7ccccc7n(-c7ccccc7)c65)NN4)c32)cc1. The first-order valence-electron chi connectivity index (χ1n) is 16.7. The topological polar surface area (TPSA) is 68.5 Å². The maximum absolute atomic E-state index is 4.94. The number of rotatable bonds is 2. The molecule has 0 saturated carbocycles. The summed E-state index contributed by atoms with van der Waals surface area (Å²) in [5.41, 5.74) is 15.5. The van der Waals surface area contributed by atoms with Crippen molar-refractivity contribution in [1.29, 1.82) is 0 Å². The van der Waals surface area contributed by atoms with Crippen LogP contribution in [0.5, 0.6) is 0 Å². The van der Waals surface area contributed by atoms with Crippen molar-refractivity contribution < 1.29 is 0 Å². The molecule has 5 heterocycles. The zero-order chi connectivity index (χ0) is 32.8. The summed E-state index contributed by atoms with van der Waals surface area (Å²) < 4.78 is 8.98. The third-order valence-electron chi connectivity index (χ3n) is 9.93. The zero-order valence-corrected chi connectivity index (χ0v) is 26.7. The highest BCUT2D eigenvalue weighted by Crippen LogP contribution is 2.40. The van der Waals surface area contributed by atoms with Crippen LogP contribution in [0.3, 0.4) is 0 Å². The summed E-state index contributed by atoms with van der Waals surface area (Å²) >= 11 is 0. The maximum Gasteiger partial charge on any atom is 0.248 e. The predicted octanol–water partition coefficient (Wildman–Crippen LogP) is 8.92. The Labute approximate surface area is 285 Å². The van der Waals surface area contributed by atoms with Crippen molar-refractivity contribution in [3.63, 3.8) is 0 Å². The van der Waals surface area contributed by atoms with Crippen LogP contribution in [0.2, 0.25) is 0 Å². The van der Waals surface area contributed by atoms with Gasteiger partial charge in [0.05, 0.1) is 22.1 Å². The van der Waals surface area contributed by atoms with Gasteiger partial charge < -0.3 is 0 Å². The fourth-order valence-electron chi connectivity index (χ4n) is 7.96. The molecule has 0 radical (unpaired) electrons. The van der Waals surface area contributed by atoms with Crippen LogP contribution < -0.4 is 10.9 Å². The predicted molar refractivity (Wildman–Crippen MR) is 204 cm³/mol. The molecule has 50 heavy (non-hydrogen) atoms. The van der Waals surface area contributed by atoms with E-state index in [1.54, 1.807) is 0 Å². The van der Waals surface area contributed by atoms with E-state index in [0.717, 1.165) is 55.5 Å². The number of hydrogen-bond donors (Lipinski definition) is 2. The average molecular weight is 645 g/mol. The number of aromatic nitrogens is 4. The highest BCUT2D eigenvalue weighted by atomic mass is 15.6. The van der Waals surface area contributed by atoms with Gasteiger partial charge in [-0.15, -0.1) is 10.2 Å². The first-order valence-corrected chi connectivity index (χ1v) is 16.7. The molecular formula is C42H28N8. The van der Waals surface area contributed by atoms with Gasteiger partial charge in [0.15, 0.2) is 0 Å². The Balaban J connectivity index is 1.20. The molecule has 6 aromatic carbocycles. The van der Waals surface area contributed by atoms with E-state index in [-0.39, 0.29) is 0 Å². The van der Waals surface area contributed by atoms with Gasteiger partial charge in [0.25, 0.3) is 0 Å². The molecule has 2 N–H and O–H groups in total. The third kappa shape index (κ3) is 3.59. The van der Waals surface area contributed by atoms with E-state index in [1.165, 1.54) is 21.5 Å². The Kier molecular flexibility index (Phi) is 5.51. The molecular weight excluding hydrogens is 617 g/mol. The fourth-order valence-corrected chi connectivity index (χ4v) is 7.96. The Morgan fingerprint density at radius 3 is 0.960 bits per heavy atom. The summed E-state index contributed by atoms with van der Waals surface area (Å²) in [5.74, 6) is 1.16. The van der Waals surface area contributed by atoms with Gasteiger partial charge >= 0.3 is 0 Å². The van der Waals surface area contributed by atoms with E-state index in [1.807, 2.05) is 12.1 Å². The Bertz CT molecular complexity index is 2820. The lowest BCUT2D eigenvalue weighted by atomic mass is 10.1. The van der Waals surface area contributed by atoms with Gasteiger partial charge in [0.1, 0.15) is 11.3 Å². The smallest absolute Gasteiger partial charge is 0.248 e. The van der Waals surface area contributed by atoms with Crippen molar-refractivity contribution in [2.24, 2.45) is 10.2 Å². The van der Waals surface area contributed by atoms with Crippen LogP contribution in [-0.2, 0) is 0 Å². The van der Waals surface area contributed by atoms with Gasteiger partial charge in [0, 0.05) is 43.7 Å². The largest absolute Gasteiger partial charge is 0.295 e. The van der Waals surface area contributed by atoms with Crippen molar-refractivity contribution in [2.45, 2.75) is 0 Å². The molecule has 0 unspecified atom stereocenters. The lowest BCUT2D eigenvalue weighted by Crippen LogP contribution is -2.49. The molecule has 0 aliphatic carbocycles. The molecule has 0 saturated heterocycles. The van der Waals surface area contributed by atoms with Gasteiger partial charge in [-0.25, -0.2) is 0 Å². The van der Waals surface area contributed by atoms with Gasteiger partial charge in [-0.1, -0.05) is 109 Å². The number of benzene rings is 6. The van der Waals surface area contributed by atoms with Gasteiger partial charge in [-0.05, 0) is 48.5 Å². The minimum atomic E-state index is 0.580. The van der Waals surface area contributed by atoms with Crippen molar-refractivity contribution in [3.8, 4) is 11.4 Å². The zero-order valence-electron chi connectivity index (χ0n) is 26.7. The van der Waals surface area contributed by atoms with Crippen LogP contribution in [0.4, 0.5) is 0 Å². The summed E-state index contributed by atoms with van der Waals surface area (Å²) in [7, 11) is 0. The molecule has 0 amide bonds. The van der Waals surface area contributed by atoms with Crippen LogP contribution >= 0.6 is 0 Å². The molecule has 4 aromatic heterocycles. The van der Waals surface area contributed by atoms with Crippen molar-refractivity contribution in [2.75, 3.05) is 0 Å². The second kappa shape index (κ2) is 10.2. The summed E-state index contributed by atoms with van der Waals surface area (Å²) in [6, 6.07) is 55.2. The maximum atomic E-state index is 4.94. The number of para-hydroxylation sites is 6. The van der Waals surface area contributed by atoms with Gasteiger partial charge in [0.2, 0.25) is 11.9 Å². The molecule has 8 nitrogen and oxygen atoms in total. The van der Waals surface area contributed by atoms with Gasteiger partial charge in [-0.2, -0.15) is 0 Å². The van der Waals surface area contributed by atoms with Crippen LogP contribution in [0.1, 0.15) is 0 Å². The number of nitrogens with zero attached hydrogens (tertiary/aromatic N) is 6. The van der Waals surface area contributed by atoms with Gasteiger partial charge in [-0.3, -0.25) is 29.1 Å². The van der Waals surface area contributed by atoms with Crippen molar-refractivity contribution in [1.82, 2.24) is 29.1 Å². The molecule has 0 bridgehead atoms. The van der Waals surface area contributed by atoms with Crippen molar-refractivity contribution >= 4 is 77.6 Å². The number of hydrazine groups is 1. The summed E-state index contributed by atoms with van der Waals surface area (Å²) in [6.45, 7) is 0. The first-order chi connectivity index (χ1) is 24.9. The van der Waals surface area contributed by atoms with Crippen LogP contribution in [0.25, 0.3) is 77.1 Å².